The van der Waals surface area contributed by atoms with E-state index >= 15 is 0 Å². The Hall–Kier alpha value is -2.90. The SMILES string of the molecule is Cc1nnc(NS(=O)(=O)c2ccc(N3C(=O)[C@@H](OCc4ccccc4)[C@H]3[C@@H]3COC(C)(C)O3)cc2)s1. The first-order valence-corrected chi connectivity index (χ1v) is 13.7. The number of nitrogens with one attached hydrogen (secondary N) is 1. The molecule has 3 atom stereocenters. The molecule has 36 heavy (non-hydrogen) atoms. The van der Waals surface area contributed by atoms with Gasteiger partial charge in [0.05, 0.1) is 18.1 Å². The Morgan fingerprint density at radius 1 is 1.14 bits per heavy atom. The van der Waals surface area contributed by atoms with Crippen LogP contribution in [0.3, 0.4) is 0 Å². The van der Waals surface area contributed by atoms with Gasteiger partial charge in [0.15, 0.2) is 11.9 Å². The fraction of sp³-hybridized carbons (Fsp3) is 0.375. The number of nitrogens with zero attached hydrogens (tertiary/aromatic N) is 3. The molecule has 1 aromatic heterocycles. The van der Waals surface area contributed by atoms with Crippen LogP contribution in [0.4, 0.5) is 10.8 Å². The molecule has 2 aromatic carbocycles. The van der Waals surface area contributed by atoms with Gasteiger partial charge in [-0.2, -0.15) is 0 Å². The number of hydrogen-bond acceptors (Lipinski definition) is 9. The number of sulfonamides is 1. The second-order valence-electron chi connectivity index (χ2n) is 9.01. The van der Waals surface area contributed by atoms with Crippen molar-refractivity contribution in [1.82, 2.24) is 10.2 Å². The maximum absolute atomic E-state index is 13.2. The van der Waals surface area contributed by atoms with Crippen molar-refractivity contribution in [3.05, 3.63) is 65.2 Å². The molecule has 1 N–H and O–H groups in total. The van der Waals surface area contributed by atoms with Gasteiger partial charge in [-0.3, -0.25) is 9.52 Å². The van der Waals surface area contributed by atoms with Crippen LogP contribution in [0.25, 0.3) is 0 Å². The lowest BCUT2D eigenvalue weighted by atomic mass is 9.91. The highest BCUT2D eigenvalue weighted by Crippen LogP contribution is 2.38. The van der Waals surface area contributed by atoms with E-state index in [0.717, 1.165) is 16.9 Å². The average molecular weight is 531 g/mol. The number of rotatable bonds is 8. The van der Waals surface area contributed by atoms with Crippen LogP contribution in [0, 0.1) is 6.92 Å². The topological polar surface area (TPSA) is 120 Å². The number of hydrogen-bond donors (Lipinski definition) is 1. The van der Waals surface area contributed by atoms with Crippen LogP contribution in [0.1, 0.15) is 24.4 Å². The van der Waals surface area contributed by atoms with E-state index in [2.05, 4.69) is 14.9 Å². The minimum absolute atomic E-state index is 0.0436. The second-order valence-corrected chi connectivity index (χ2v) is 11.9. The number of β-lactam (4-membered cyclic amide) rings is 1. The van der Waals surface area contributed by atoms with E-state index in [1.165, 1.54) is 12.1 Å². The molecular formula is C24H26N4O6S2. The van der Waals surface area contributed by atoms with Crippen molar-refractivity contribution >= 4 is 38.1 Å². The summed E-state index contributed by atoms with van der Waals surface area (Å²) < 4.78 is 45.8. The summed E-state index contributed by atoms with van der Waals surface area (Å²) in [6.45, 7) is 5.98. The van der Waals surface area contributed by atoms with Crippen LogP contribution >= 0.6 is 11.3 Å². The summed E-state index contributed by atoms with van der Waals surface area (Å²) in [5.74, 6) is -0.992. The molecule has 0 bridgehead atoms. The maximum Gasteiger partial charge on any atom is 0.263 e. The van der Waals surface area contributed by atoms with Crippen LogP contribution in [0.2, 0.25) is 0 Å². The summed E-state index contributed by atoms with van der Waals surface area (Å²) in [6, 6.07) is 15.3. The Morgan fingerprint density at radius 3 is 2.47 bits per heavy atom. The Bertz CT molecular complexity index is 1340. The highest BCUT2D eigenvalue weighted by molar-refractivity contribution is 7.93. The number of ether oxygens (including phenoxy) is 3. The Balaban J connectivity index is 1.35. The molecule has 190 valence electrons. The molecule has 2 fully saturated rings. The van der Waals surface area contributed by atoms with Crippen LogP contribution in [0.15, 0.2) is 59.5 Å². The van der Waals surface area contributed by atoms with Gasteiger partial charge >= 0.3 is 0 Å². The molecule has 0 aliphatic carbocycles. The molecule has 2 aliphatic heterocycles. The van der Waals surface area contributed by atoms with Gasteiger partial charge in [0.1, 0.15) is 17.2 Å². The third-order valence-electron chi connectivity index (χ3n) is 5.95. The van der Waals surface area contributed by atoms with E-state index in [1.807, 2.05) is 44.2 Å². The standard InChI is InChI=1S/C24H26N4O6S2/c1-15-25-26-23(35-15)27-36(30,31)18-11-9-17(10-12-18)28-20(19-14-33-24(2,3)34-19)21(22(28)29)32-13-16-7-5-4-6-8-16/h4-12,19-21H,13-14H2,1-3H3,(H,26,27)/t19-,20+,21-/m0/s1. The number of aryl methyl sites for hydroxylation is 1. The summed E-state index contributed by atoms with van der Waals surface area (Å²) >= 11 is 1.14. The largest absolute Gasteiger partial charge is 0.361 e. The van der Waals surface area contributed by atoms with Gasteiger partial charge in [-0.15, -0.1) is 10.2 Å². The molecule has 1 amide bonds. The van der Waals surface area contributed by atoms with Crippen molar-refractivity contribution in [3.63, 3.8) is 0 Å². The van der Waals surface area contributed by atoms with E-state index in [9.17, 15) is 13.2 Å². The Labute approximate surface area is 213 Å². The molecule has 0 radical (unpaired) electrons. The quantitative estimate of drug-likeness (QED) is 0.441. The lowest BCUT2D eigenvalue weighted by Crippen LogP contribution is -2.70. The Morgan fingerprint density at radius 2 is 1.86 bits per heavy atom. The zero-order valence-electron chi connectivity index (χ0n) is 20.0. The number of aromatic nitrogens is 2. The molecule has 3 aromatic rings. The van der Waals surface area contributed by atoms with Crippen molar-refractivity contribution in [1.29, 1.82) is 0 Å². The van der Waals surface area contributed by atoms with Gasteiger partial charge in [0, 0.05) is 5.69 Å². The van der Waals surface area contributed by atoms with Crippen molar-refractivity contribution in [3.8, 4) is 0 Å². The molecule has 5 rings (SSSR count). The number of carbonyl (C=O) groups excluding carboxylic acids is 1. The van der Waals surface area contributed by atoms with Crippen LogP contribution in [-0.4, -0.2) is 55.2 Å². The molecule has 2 aliphatic rings. The number of carbonyl (C=O) groups is 1. The average Bonchev–Trinajstić information content (AvgIpc) is 3.41. The smallest absolute Gasteiger partial charge is 0.263 e. The van der Waals surface area contributed by atoms with Gasteiger partial charge < -0.3 is 19.1 Å². The molecule has 2 saturated heterocycles. The van der Waals surface area contributed by atoms with Gasteiger partial charge in [-0.25, -0.2) is 8.42 Å². The highest BCUT2D eigenvalue weighted by Gasteiger charge is 2.56. The van der Waals surface area contributed by atoms with E-state index < -0.39 is 34.1 Å². The normalized spacial score (nSPS) is 23.5. The fourth-order valence-electron chi connectivity index (χ4n) is 4.26. The van der Waals surface area contributed by atoms with Crippen molar-refractivity contribution in [2.45, 2.75) is 56.3 Å². The third kappa shape index (κ3) is 5.00. The summed E-state index contributed by atoms with van der Waals surface area (Å²) in [6.07, 6.45) is -1.11. The fourth-order valence-corrected chi connectivity index (χ4v) is 6.08. The van der Waals surface area contributed by atoms with Crippen molar-refractivity contribution < 1.29 is 27.4 Å². The first-order chi connectivity index (χ1) is 17.1. The van der Waals surface area contributed by atoms with E-state index in [1.54, 1.807) is 24.0 Å². The monoisotopic (exact) mass is 530 g/mol. The molecule has 0 saturated carbocycles. The van der Waals surface area contributed by atoms with Crippen LogP contribution < -0.4 is 9.62 Å². The Kier molecular flexibility index (Phi) is 6.55. The van der Waals surface area contributed by atoms with E-state index in [4.69, 9.17) is 14.2 Å². The number of benzene rings is 2. The molecule has 3 heterocycles. The maximum atomic E-state index is 13.2. The van der Waals surface area contributed by atoms with Gasteiger partial charge in [0.2, 0.25) is 5.13 Å². The molecule has 0 spiro atoms. The number of amides is 1. The third-order valence-corrected chi connectivity index (χ3v) is 8.18. The zero-order chi connectivity index (χ0) is 25.5. The highest BCUT2D eigenvalue weighted by atomic mass is 32.2. The van der Waals surface area contributed by atoms with E-state index in [0.29, 0.717) is 17.3 Å². The van der Waals surface area contributed by atoms with Crippen LogP contribution in [-0.2, 0) is 35.6 Å². The summed E-state index contributed by atoms with van der Waals surface area (Å²) in [5, 5.41) is 8.46. The molecule has 12 heteroatoms. The minimum atomic E-state index is -3.85. The van der Waals surface area contributed by atoms with Crippen molar-refractivity contribution in [2.75, 3.05) is 16.2 Å². The molecule has 10 nitrogen and oxygen atoms in total. The predicted molar refractivity (Wildman–Crippen MR) is 133 cm³/mol. The van der Waals surface area contributed by atoms with Gasteiger partial charge in [-0.05, 0) is 50.6 Å². The van der Waals surface area contributed by atoms with Crippen LogP contribution in [0.5, 0.6) is 0 Å². The lowest BCUT2D eigenvalue weighted by molar-refractivity contribution is -0.164. The molecular weight excluding hydrogens is 504 g/mol. The summed E-state index contributed by atoms with van der Waals surface area (Å²) in [7, 11) is -3.85. The van der Waals surface area contributed by atoms with Gasteiger partial charge in [0.25, 0.3) is 15.9 Å². The summed E-state index contributed by atoms with van der Waals surface area (Å²) in [5.41, 5.74) is 1.50. The lowest BCUT2D eigenvalue weighted by Gasteiger charge is -2.48. The predicted octanol–water partition coefficient (Wildman–Crippen LogP) is 3.10. The minimum Gasteiger partial charge on any atom is -0.361 e. The summed E-state index contributed by atoms with van der Waals surface area (Å²) in [4.78, 5) is 14.8. The first-order valence-electron chi connectivity index (χ1n) is 11.4. The van der Waals surface area contributed by atoms with Gasteiger partial charge in [-0.1, -0.05) is 41.7 Å². The second kappa shape index (κ2) is 9.52. The molecule has 0 unspecified atom stereocenters. The first kappa shape index (κ1) is 24.8. The number of anilines is 2. The van der Waals surface area contributed by atoms with Crippen molar-refractivity contribution in [2.24, 2.45) is 0 Å². The van der Waals surface area contributed by atoms with E-state index in [-0.39, 0.29) is 22.5 Å². The zero-order valence-corrected chi connectivity index (χ0v) is 21.6.